The molecule has 3 rings (SSSR count). The maximum absolute atomic E-state index is 13.4. The minimum absolute atomic E-state index is 0.157. The molecule has 0 fully saturated rings. The quantitative estimate of drug-likeness (QED) is 0.561. The molecular formula is C21H25N3O4S. The number of hydrogen-bond donors (Lipinski definition) is 0. The van der Waals surface area contributed by atoms with E-state index in [0.717, 1.165) is 16.0 Å². The zero-order valence-corrected chi connectivity index (χ0v) is 18.1. The van der Waals surface area contributed by atoms with E-state index in [1.807, 2.05) is 37.2 Å². The van der Waals surface area contributed by atoms with Crippen LogP contribution in [0.5, 0.6) is 17.2 Å². The van der Waals surface area contributed by atoms with Crippen LogP contribution in [0.4, 0.5) is 5.13 Å². The van der Waals surface area contributed by atoms with Crippen LogP contribution in [0.2, 0.25) is 0 Å². The van der Waals surface area contributed by atoms with Crippen molar-refractivity contribution in [2.45, 2.75) is 0 Å². The van der Waals surface area contributed by atoms with Crippen molar-refractivity contribution in [1.82, 2.24) is 9.88 Å². The van der Waals surface area contributed by atoms with E-state index in [1.165, 1.54) is 11.3 Å². The van der Waals surface area contributed by atoms with E-state index >= 15 is 0 Å². The van der Waals surface area contributed by atoms with Gasteiger partial charge in [-0.3, -0.25) is 9.69 Å². The summed E-state index contributed by atoms with van der Waals surface area (Å²) in [4.78, 5) is 21.8. The molecule has 29 heavy (non-hydrogen) atoms. The fourth-order valence-corrected chi connectivity index (χ4v) is 3.82. The number of thiazole rings is 1. The normalized spacial score (nSPS) is 11.0. The van der Waals surface area contributed by atoms with Crippen LogP contribution in [0.1, 0.15) is 10.4 Å². The minimum Gasteiger partial charge on any atom is -0.497 e. The highest BCUT2D eigenvalue weighted by molar-refractivity contribution is 7.22. The molecule has 0 spiro atoms. The predicted octanol–water partition coefficient (Wildman–Crippen LogP) is 3.53. The Morgan fingerprint density at radius 2 is 1.59 bits per heavy atom. The summed E-state index contributed by atoms with van der Waals surface area (Å²) in [5.74, 6) is 1.73. The van der Waals surface area contributed by atoms with E-state index in [4.69, 9.17) is 14.2 Å². The van der Waals surface area contributed by atoms with Gasteiger partial charge in [0, 0.05) is 24.7 Å². The van der Waals surface area contributed by atoms with Gasteiger partial charge in [0.25, 0.3) is 5.91 Å². The molecule has 0 saturated carbocycles. The number of ether oxygens (including phenoxy) is 3. The van der Waals surface area contributed by atoms with E-state index in [2.05, 4.69) is 4.98 Å². The van der Waals surface area contributed by atoms with Crippen LogP contribution in [0.15, 0.2) is 36.4 Å². The average molecular weight is 416 g/mol. The molecule has 0 aliphatic heterocycles. The summed E-state index contributed by atoms with van der Waals surface area (Å²) < 4.78 is 16.9. The van der Waals surface area contributed by atoms with Gasteiger partial charge < -0.3 is 19.1 Å². The molecule has 8 heteroatoms. The first kappa shape index (κ1) is 20.9. The Bertz CT molecular complexity index is 981. The molecule has 1 heterocycles. The second-order valence-corrected chi connectivity index (χ2v) is 7.70. The molecular weight excluding hydrogens is 390 g/mol. The highest BCUT2D eigenvalue weighted by Crippen LogP contribution is 2.33. The van der Waals surface area contributed by atoms with E-state index < -0.39 is 0 Å². The number of carbonyl (C=O) groups excluding carboxylic acids is 1. The Morgan fingerprint density at radius 1 is 0.931 bits per heavy atom. The number of aromatic nitrogens is 1. The van der Waals surface area contributed by atoms with Gasteiger partial charge in [0.2, 0.25) is 0 Å². The van der Waals surface area contributed by atoms with Crippen LogP contribution < -0.4 is 19.1 Å². The molecule has 0 radical (unpaired) electrons. The van der Waals surface area contributed by atoms with Crippen LogP contribution in [-0.2, 0) is 0 Å². The molecule has 2 aromatic carbocycles. The van der Waals surface area contributed by atoms with Crippen LogP contribution in [0.3, 0.4) is 0 Å². The monoisotopic (exact) mass is 415 g/mol. The van der Waals surface area contributed by atoms with Gasteiger partial charge in [-0.15, -0.1) is 0 Å². The number of methoxy groups -OCH3 is 3. The number of amides is 1. The molecule has 0 atom stereocenters. The van der Waals surface area contributed by atoms with E-state index in [1.54, 1.807) is 44.4 Å². The summed E-state index contributed by atoms with van der Waals surface area (Å²) in [7, 11) is 8.70. The topological polar surface area (TPSA) is 64.1 Å². The number of anilines is 1. The van der Waals surface area contributed by atoms with E-state index in [0.29, 0.717) is 35.3 Å². The van der Waals surface area contributed by atoms with Crippen LogP contribution in [-0.4, -0.2) is 64.3 Å². The Hall–Kier alpha value is -2.84. The van der Waals surface area contributed by atoms with Crippen LogP contribution >= 0.6 is 11.3 Å². The number of likely N-dealkylation sites (N-methyl/N-ethyl adjacent to an activating group) is 1. The first-order chi connectivity index (χ1) is 13.9. The predicted molar refractivity (Wildman–Crippen MR) is 116 cm³/mol. The van der Waals surface area contributed by atoms with Gasteiger partial charge in [-0.1, -0.05) is 11.3 Å². The van der Waals surface area contributed by atoms with Gasteiger partial charge in [0.1, 0.15) is 17.2 Å². The maximum atomic E-state index is 13.4. The molecule has 0 N–H and O–H groups in total. The Kier molecular flexibility index (Phi) is 6.56. The number of hydrogen-bond acceptors (Lipinski definition) is 7. The first-order valence-electron chi connectivity index (χ1n) is 9.09. The van der Waals surface area contributed by atoms with Gasteiger partial charge in [-0.25, -0.2) is 4.98 Å². The van der Waals surface area contributed by atoms with E-state index in [9.17, 15) is 4.79 Å². The molecule has 0 saturated heterocycles. The van der Waals surface area contributed by atoms with Gasteiger partial charge in [0.15, 0.2) is 5.13 Å². The molecule has 1 aromatic heterocycles. The number of carbonyl (C=O) groups is 1. The van der Waals surface area contributed by atoms with Crippen molar-refractivity contribution in [3.63, 3.8) is 0 Å². The van der Waals surface area contributed by atoms with Gasteiger partial charge in [-0.2, -0.15) is 0 Å². The fourth-order valence-electron chi connectivity index (χ4n) is 2.81. The Labute approximate surface area is 174 Å². The standard InChI is InChI=1S/C21H25N3O4S/c1-23(2)8-9-24(20(25)14-10-16(27-4)12-17(11-14)28-5)21-22-18-7-6-15(26-3)13-19(18)29-21/h6-7,10-13H,8-9H2,1-5H3. The molecule has 0 aliphatic rings. The van der Waals surface area contributed by atoms with Crippen LogP contribution in [0, 0.1) is 0 Å². The summed E-state index contributed by atoms with van der Waals surface area (Å²) in [5.41, 5.74) is 1.31. The van der Waals surface area contributed by atoms with Gasteiger partial charge in [0.05, 0.1) is 31.5 Å². The maximum Gasteiger partial charge on any atom is 0.260 e. The lowest BCUT2D eigenvalue weighted by Gasteiger charge is -2.22. The molecule has 0 unspecified atom stereocenters. The van der Waals surface area contributed by atoms with Crippen molar-refractivity contribution >= 4 is 32.6 Å². The Morgan fingerprint density at radius 3 is 2.17 bits per heavy atom. The SMILES string of the molecule is COc1cc(OC)cc(C(=O)N(CCN(C)C)c2nc3ccc(OC)cc3s2)c1. The summed E-state index contributed by atoms with van der Waals surface area (Å²) in [6, 6.07) is 10.9. The lowest BCUT2D eigenvalue weighted by molar-refractivity contribution is 0.0984. The zero-order valence-electron chi connectivity index (χ0n) is 17.3. The van der Waals surface area contributed by atoms with Crippen molar-refractivity contribution in [2.24, 2.45) is 0 Å². The second kappa shape index (κ2) is 9.11. The van der Waals surface area contributed by atoms with Gasteiger partial charge >= 0.3 is 0 Å². The van der Waals surface area contributed by atoms with Crippen molar-refractivity contribution in [2.75, 3.05) is 53.4 Å². The zero-order chi connectivity index (χ0) is 21.0. The average Bonchev–Trinajstić information content (AvgIpc) is 3.15. The van der Waals surface area contributed by atoms with Crippen molar-refractivity contribution in [1.29, 1.82) is 0 Å². The molecule has 3 aromatic rings. The minimum atomic E-state index is -0.157. The third kappa shape index (κ3) is 4.78. The summed E-state index contributed by atoms with van der Waals surface area (Å²) in [5, 5.41) is 0.641. The number of nitrogens with zero attached hydrogens (tertiary/aromatic N) is 3. The largest absolute Gasteiger partial charge is 0.497 e. The third-order valence-corrected chi connectivity index (χ3v) is 5.47. The molecule has 154 valence electrons. The summed E-state index contributed by atoms with van der Waals surface area (Å²) in [6.45, 7) is 1.20. The molecule has 7 nitrogen and oxygen atoms in total. The highest BCUT2D eigenvalue weighted by Gasteiger charge is 2.23. The van der Waals surface area contributed by atoms with Crippen LogP contribution in [0.25, 0.3) is 10.2 Å². The molecule has 0 aliphatic carbocycles. The lowest BCUT2D eigenvalue weighted by Crippen LogP contribution is -2.36. The fraction of sp³-hybridized carbons (Fsp3) is 0.333. The molecule has 1 amide bonds. The van der Waals surface area contributed by atoms with Crippen molar-refractivity contribution in [3.05, 3.63) is 42.0 Å². The number of rotatable bonds is 8. The molecule has 0 bridgehead atoms. The summed E-state index contributed by atoms with van der Waals surface area (Å²) >= 11 is 1.46. The first-order valence-corrected chi connectivity index (χ1v) is 9.91. The third-order valence-electron chi connectivity index (χ3n) is 4.43. The number of fused-ring (bicyclic) bond motifs is 1. The lowest BCUT2D eigenvalue weighted by atomic mass is 10.1. The van der Waals surface area contributed by atoms with Gasteiger partial charge in [-0.05, 0) is 44.4 Å². The second-order valence-electron chi connectivity index (χ2n) is 6.69. The number of benzene rings is 2. The van der Waals surface area contributed by atoms with Crippen molar-refractivity contribution < 1.29 is 19.0 Å². The van der Waals surface area contributed by atoms with Crippen molar-refractivity contribution in [3.8, 4) is 17.2 Å². The Balaban J connectivity index is 2.02. The van der Waals surface area contributed by atoms with E-state index in [-0.39, 0.29) is 5.91 Å². The smallest absolute Gasteiger partial charge is 0.260 e. The highest BCUT2D eigenvalue weighted by atomic mass is 32.1. The summed E-state index contributed by atoms with van der Waals surface area (Å²) in [6.07, 6.45) is 0.